The minimum absolute atomic E-state index is 0.161. The number of nitrogens with one attached hydrogen (secondary N) is 2. The lowest BCUT2D eigenvalue weighted by Gasteiger charge is -2.45. The number of rotatable bonds is 1. The molecule has 3 aliphatic rings. The highest BCUT2D eigenvalue weighted by atomic mass is 16.5. The Morgan fingerprint density at radius 2 is 2.00 bits per heavy atom. The molecule has 2 saturated heterocycles. The number of urea groups is 1. The van der Waals surface area contributed by atoms with Gasteiger partial charge in [0.2, 0.25) is 5.91 Å². The predicted molar refractivity (Wildman–Crippen MR) is 90.7 cm³/mol. The molecule has 4 rings (SSSR count). The first-order valence-corrected chi connectivity index (χ1v) is 8.43. The molecule has 1 aromatic rings. The molecule has 0 saturated carbocycles. The molecule has 0 bridgehead atoms. The van der Waals surface area contributed by atoms with Crippen molar-refractivity contribution in [2.24, 2.45) is 0 Å². The predicted octanol–water partition coefficient (Wildman–Crippen LogP) is 1.08. The maximum absolute atomic E-state index is 12.1. The number of hydrogen-bond acceptors (Lipinski definition) is 5. The molecule has 24 heavy (non-hydrogen) atoms. The van der Waals surface area contributed by atoms with Crippen molar-refractivity contribution in [1.82, 2.24) is 10.6 Å². The lowest BCUT2D eigenvalue weighted by atomic mass is 9.90. The lowest BCUT2D eigenvalue weighted by molar-refractivity contribution is -0.120. The van der Waals surface area contributed by atoms with Crippen molar-refractivity contribution in [3.63, 3.8) is 0 Å². The normalized spacial score (nSPS) is 22.9. The first-order chi connectivity index (χ1) is 11.6. The number of carbonyl (C=O) groups is 2. The summed E-state index contributed by atoms with van der Waals surface area (Å²) < 4.78 is 6.41. The van der Waals surface area contributed by atoms with Gasteiger partial charge in [0.15, 0.2) is 0 Å². The van der Waals surface area contributed by atoms with Gasteiger partial charge in [0.1, 0.15) is 11.4 Å². The molecular weight excluding hydrogens is 308 g/mol. The van der Waals surface area contributed by atoms with E-state index < -0.39 is 0 Å². The van der Waals surface area contributed by atoms with E-state index in [2.05, 4.69) is 22.6 Å². The van der Waals surface area contributed by atoms with Crippen LogP contribution < -0.4 is 25.2 Å². The summed E-state index contributed by atoms with van der Waals surface area (Å²) in [5.74, 6) is 0.590. The van der Waals surface area contributed by atoms with E-state index in [0.717, 1.165) is 49.6 Å². The Balaban J connectivity index is 1.63. The largest absolute Gasteiger partial charge is 0.483 e. The third-order valence-corrected chi connectivity index (χ3v) is 5.09. The molecule has 0 aliphatic carbocycles. The van der Waals surface area contributed by atoms with Gasteiger partial charge in [-0.05, 0) is 25.2 Å². The standard InChI is InChI=1S/C17H22N4O3/c1-20-11-17(5-7-18-8-6-17)24-14-10-12(2-3-13(14)20)21-9-4-15(22)19-16(21)23/h2-3,10,18H,4-9,11H2,1H3,(H,19,22,23). The van der Waals surface area contributed by atoms with E-state index in [4.69, 9.17) is 4.74 Å². The Bertz CT molecular complexity index is 684. The van der Waals surface area contributed by atoms with Gasteiger partial charge in [0.05, 0.1) is 12.2 Å². The monoisotopic (exact) mass is 330 g/mol. The van der Waals surface area contributed by atoms with Crippen LogP contribution in [0.25, 0.3) is 0 Å². The zero-order valence-electron chi connectivity index (χ0n) is 13.8. The van der Waals surface area contributed by atoms with Crippen LogP contribution in [0.15, 0.2) is 18.2 Å². The fraction of sp³-hybridized carbons (Fsp3) is 0.529. The summed E-state index contributed by atoms with van der Waals surface area (Å²) in [6, 6.07) is 5.45. The summed E-state index contributed by atoms with van der Waals surface area (Å²) >= 11 is 0. The summed E-state index contributed by atoms with van der Waals surface area (Å²) in [6.45, 7) is 3.19. The van der Waals surface area contributed by atoms with Gasteiger partial charge in [0, 0.05) is 44.6 Å². The average Bonchev–Trinajstić information content (AvgIpc) is 2.55. The number of nitrogens with zero attached hydrogens (tertiary/aromatic N) is 2. The highest BCUT2D eigenvalue weighted by Gasteiger charge is 2.40. The van der Waals surface area contributed by atoms with E-state index >= 15 is 0 Å². The Morgan fingerprint density at radius 1 is 1.21 bits per heavy atom. The molecule has 0 unspecified atom stereocenters. The number of ether oxygens (including phenoxy) is 1. The molecule has 7 heteroatoms. The van der Waals surface area contributed by atoms with Crippen LogP contribution in [0.4, 0.5) is 16.2 Å². The summed E-state index contributed by atoms with van der Waals surface area (Å²) in [5, 5.41) is 5.74. The van der Waals surface area contributed by atoms with Gasteiger partial charge >= 0.3 is 6.03 Å². The molecule has 0 aromatic heterocycles. The Hall–Kier alpha value is -2.28. The maximum atomic E-state index is 12.1. The SMILES string of the molecule is CN1CC2(CCNCC2)Oc2cc(N3CCC(=O)NC3=O)ccc21. The van der Waals surface area contributed by atoms with Crippen molar-refractivity contribution in [2.75, 3.05) is 43.0 Å². The number of carbonyl (C=O) groups excluding carboxylic acids is 2. The van der Waals surface area contributed by atoms with Gasteiger partial charge in [-0.2, -0.15) is 0 Å². The molecule has 1 spiro atoms. The van der Waals surface area contributed by atoms with Crippen LogP contribution in [0.5, 0.6) is 5.75 Å². The van der Waals surface area contributed by atoms with Crippen molar-refractivity contribution in [1.29, 1.82) is 0 Å². The Morgan fingerprint density at radius 3 is 2.75 bits per heavy atom. The fourth-order valence-electron chi connectivity index (χ4n) is 3.80. The van der Waals surface area contributed by atoms with Gasteiger partial charge in [-0.3, -0.25) is 15.0 Å². The third kappa shape index (κ3) is 2.58. The maximum Gasteiger partial charge on any atom is 0.328 e. The summed E-state index contributed by atoms with van der Waals surface area (Å²) in [6.07, 6.45) is 2.26. The van der Waals surface area contributed by atoms with Crippen molar-refractivity contribution < 1.29 is 14.3 Å². The molecule has 3 heterocycles. The minimum atomic E-state index is -0.369. The van der Waals surface area contributed by atoms with Crippen LogP contribution in [0.2, 0.25) is 0 Å². The smallest absolute Gasteiger partial charge is 0.328 e. The second kappa shape index (κ2) is 5.66. The van der Waals surface area contributed by atoms with Crippen molar-refractivity contribution in [3.05, 3.63) is 18.2 Å². The number of benzene rings is 1. The topological polar surface area (TPSA) is 73.9 Å². The second-order valence-corrected chi connectivity index (χ2v) is 6.80. The molecule has 3 amide bonds. The van der Waals surface area contributed by atoms with E-state index in [9.17, 15) is 9.59 Å². The number of piperidine rings is 1. The van der Waals surface area contributed by atoms with Crippen LogP contribution in [0.1, 0.15) is 19.3 Å². The van der Waals surface area contributed by atoms with Gasteiger partial charge < -0.3 is 15.0 Å². The summed E-state index contributed by atoms with van der Waals surface area (Å²) in [5.41, 5.74) is 1.64. The lowest BCUT2D eigenvalue weighted by Crippen LogP contribution is -2.55. The molecule has 2 fully saturated rings. The van der Waals surface area contributed by atoms with Crippen LogP contribution in [-0.2, 0) is 4.79 Å². The Labute approximate surface area is 140 Å². The molecule has 7 nitrogen and oxygen atoms in total. The molecular formula is C17H22N4O3. The number of anilines is 2. The highest BCUT2D eigenvalue weighted by Crippen LogP contribution is 2.41. The number of imide groups is 1. The van der Waals surface area contributed by atoms with Crippen LogP contribution in [0.3, 0.4) is 0 Å². The van der Waals surface area contributed by atoms with Crippen molar-refractivity contribution >= 4 is 23.3 Å². The highest BCUT2D eigenvalue weighted by molar-refractivity contribution is 6.05. The van der Waals surface area contributed by atoms with Gasteiger partial charge in [0.25, 0.3) is 0 Å². The molecule has 128 valence electrons. The fourth-order valence-corrected chi connectivity index (χ4v) is 3.80. The first-order valence-electron chi connectivity index (χ1n) is 8.43. The van der Waals surface area contributed by atoms with Gasteiger partial charge in [-0.15, -0.1) is 0 Å². The van der Waals surface area contributed by atoms with E-state index in [0.29, 0.717) is 13.0 Å². The molecule has 3 aliphatic heterocycles. The van der Waals surface area contributed by atoms with Crippen LogP contribution >= 0.6 is 0 Å². The van der Waals surface area contributed by atoms with E-state index in [1.165, 1.54) is 0 Å². The van der Waals surface area contributed by atoms with Crippen LogP contribution in [-0.4, -0.2) is 50.8 Å². The molecule has 1 aromatic carbocycles. The third-order valence-electron chi connectivity index (χ3n) is 5.09. The van der Waals surface area contributed by atoms with Crippen molar-refractivity contribution in [2.45, 2.75) is 24.9 Å². The molecule has 2 N–H and O–H groups in total. The Kier molecular flexibility index (Phi) is 3.60. The molecule has 0 radical (unpaired) electrons. The summed E-state index contributed by atoms with van der Waals surface area (Å²) in [7, 11) is 2.08. The number of amides is 3. The average molecular weight is 330 g/mol. The quantitative estimate of drug-likeness (QED) is 0.806. The van der Waals surface area contributed by atoms with E-state index in [1.807, 2.05) is 18.2 Å². The van der Waals surface area contributed by atoms with Crippen molar-refractivity contribution in [3.8, 4) is 5.75 Å². The number of hydrogen-bond donors (Lipinski definition) is 2. The van der Waals surface area contributed by atoms with Gasteiger partial charge in [-0.25, -0.2) is 4.79 Å². The van der Waals surface area contributed by atoms with E-state index in [1.54, 1.807) is 4.90 Å². The second-order valence-electron chi connectivity index (χ2n) is 6.80. The minimum Gasteiger partial charge on any atom is -0.483 e. The zero-order chi connectivity index (χ0) is 16.7. The molecule has 0 atom stereocenters. The number of fused-ring (bicyclic) bond motifs is 1. The van der Waals surface area contributed by atoms with Gasteiger partial charge in [-0.1, -0.05) is 0 Å². The van der Waals surface area contributed by atoms with E-state index in [-0.39, 0.29) is 17.5 Å². The zero-order valence-corrected chi connectivity index (χ0v) is 13.8. The number of likely N-dealkylation sites (N-methyl/N-ethyl adjacent to an activating group) is 1. The first kappa shape index (κ1) is 15.3. The van der Waals surface area contributed by atoms with Crippen LogP contribution in [0, 0.1) is 0 Å². The summed E-state index contributed by atoms with van der Waals surface area (Å²) in [4.78, 5) is 27.2.